The van der Waals surface area contributed by atoms with Crippen molar-refractivity contribution in [1.29, 1.82) is 0 Å². The average molecular weight is 241 g/mol. The fourth-order valence-corrected chi connectivity index (χ4v) is 2.32. The second-order valence-electron chi connectivity index (χ2n) is 4.14. The van der Waals surface area contributed by atoms with Gasteiger partial charge in [0.05, 0.1) is 5.38 Å². The fourth-order valence-electron chi connectivity index (χ4n) is 1.91. The van der Waals surface area contributed by atoms with Gasteiger partial charge in [-0.05, 0) is 31.5 Å². The Kier molecular flexibility index (Phi) is 3.72. The van der Waals surface area contributed by atoms with Gasteiger partial charge in [0, 0.05) is 13.0 Å². The maximum absolute atomic E-state index is 6.08. The van der Waals surface area contributed by atoms with Crippen LogP contribution in [0.4, 0.5) is 0 Å². The highest BCUT2D eigenvalue weighted by molar-refractivity contribution is 6.21. The van der Waals surface area contributed by atoms with Gasteiger partial charge in [0.1, 0.15) is 18.0 Å². The van der Waals surface area contributed by atoms with Gasteiger partial charge in [-0.2, -0.15) is 0 Å². The van der Waals surface area contributed by atoms with Crippen LogP contribution in [-0.4, -0.2) is 24.2 Å². The van der Waals surface area contributed by atoms with Gasteiger partial charge in [-0.1, -0.05) is 12.1 Å². The first-order valence-electron chi connectivity index (χ1n) is 5.69. The topological polar surface area (TPSA) is 18.5 Å². The van der Waals surface area contributed by atoms with Crippen molar-refractivity contribution in [3.8, 4) is 5.75 Å². The zero-order chi connectivity index (χ0) is 11.5. The first-order valence-corrected chi connectivity index (χ1v) is 6.13. The van der Waals surface area contributed by atoms with Crippen molar-refractivity contribution in [2.75, 3.05) is 6.61 Å². The van der Waals surface area contributed by atoms with Crippen LogP contribution in [0.3, 0.4) is 0 Å². The van der Waals surface area contributed by atoms with Crippen molar-refractivity contribution < 1.29 is 9.47 Å². The zero-order valence-electron chi connectivity index (χ0n) is 9.65. The van der Waals surface area contributed by atoms with E-state index in [2.05, 4.69) is 13.0 Å². The van der Waals surface area contributed by atoms with E-state index >= 15 is 0 Å². The van der Waals surface area contributed by atoms with Crippen molar-refractivity contribution in [1.82, 2.24) is 0 Å². The van der Waals surface area contributed by atoms with Gasteiger partial charge in [-0.25, -0.2) is 0 Å². The van der Waals surface area contributed by atoms with Crippen molar-refractivity contribution in [2.45, 2.75) is 37.9 Å². The van der Waals surface area contributed by atoms with Crippen LogP contribution in [0.2, 0.25) is 0 Å². The van der Waals surface area contributed by atoms with Crippen LogP contribution < -0.4 is 4.74 Å². The highest BCUT2D eigenvalue weighted by Gasteiger charge is 2.42. The molecule has 1 saturated carbocycles. The number of ether oxygens (including phenoxy) is 2. The predicted octanol–water partition coefficient (Wildman–Crippen LogP) is 3.16. The van der Waals surface area contributed by atoms with Crippen LogP contribution in [0, 0.1) is 6.92 Å². The van der Waals surface area contributed by atoms with E-state index < -0.39 is 0 Å². The van der Waals surface area contributed by atoms with Gasteiger partial charge in [0.15, 0.2) is 0 Å². The molecular formula is C13H17ClO2. The summed E-state index contributed by atoms with van der Waals surface area (Å²) in [4.78, 5) is 0. The van der Waals surface area contributed by atoms with E-state index in [9.17, 15) is 0 Å². The van der Waals surface area contributed by atoms with E-state index in [4.69, 9.17) is 21.1 Å². The number of hydrogen-bond donors (Lipinski definition) is 0. The summed E-state index contributed by atoms with van der Waals surface area (Å²) in [5, 5.41) is 0.0924. The standard InChI is InChI=1S/C13H17ClO2/c1-3-15-13-11(14)8-12(13)16-10-6-4-5-9(2)7-10/h4-7,11-13H,3,8H2,1-2H3. The summed E-state index contributed by atoms with van der Waals surface area (Å²) in [6.07, 6.45) is 0.997. The van der Waals surface area contributed by atoms with Gasteiger partial charge >= 0.3 is 0 Å². The van der Waals surface area contributed by atoms with E-state index in [1.165, 1.54) is 5.56 Å². The summed E-state index contributed by atoms with van der Waals surface area (Å²) in [6.45, 7) is 4.71. The second kappa shape index (κ2) is 5.07. The van der Waals surface area contributed by atoms with E-state index in [-0.39, 0.29) is 17.6 Å². The number of rotatable bonds is 4. The van der Waals surface area contributed by atoms with E-state index in [0.717, 1.165) is 12.2 Å². The molecule has 2 rings (SSSR count). The minimum atomic E-state index is 0.0344. The Morgan fingerprint density at radius 3 is 2.88 bits per heavy atom. The number of halogens is 1. The number of hydrogen-bond acceptors (Lipinski definition) is 2. The third-order valence-corrected chi connectivity index (χ3v) is 3.24. The summed E-state index contributed by atoms with van der Waals surface area (Å²) >= 11 is 6.08. The predicted molar refractivity (Wildman–Crippen MR) is 65.3 cm³/mol. The Morgan fingerprint density at radius 1 is 1.44 bits per heavy atom. The molecule has 0 N–H and O–H groups in total. The van der Waals surface area contributed by atoms with Gasteiger partial charge < -0.3 is 9.47 Å². The molecule has 1 aliphatic rings. The Labute approximate surface area is 102 Å². The second-order valence-corrected chi connectivity index (χ2v) is 4.71. The normalized spacial score (nSPS) is 28.6. The SMILES string of the molecule is CCOC1C(Cl)CC1Oc1cccc(C)c1. The molecule has 1 aromatic rings. The smallest absolute Gasteiger partial charge is 0.128 e. The number of alkyl halides is 1. The highest BCUT2D eigenvalue weighted by atomic mass is 35.5. The van der Waals surface area contributed by atoms with E-state index in [0.29, 0.717) is 6.61 Å². The van der Waals surface area contributed by atoms with Crippen LogP contribution in [-0.2, 0) is 4.74 Å². The molecule has 0 saturated heterocycles. The molecule has 1 aromatic carbocycles. The first kappa shape index (κ1) is 11.7. The summed E-state index contributed by atoms with van der Waals surface area (Å²) in [5.41, 5.74) is 1.20. The summed E-state index contributed by atoms with van der Waals surface area (Å²) in [6, 6.07) is 8.05. The zero-order valence-corrected chi connectivity index (χ0v) is 10.4. The molecule has 1 aliphatic carbocycles. The molecule has 0 heterocycles. The molecule has 3 unspecified atom stereocenters. The van der Waals surface area contributed by atoms with Gasteiger partial charge in [-0.15, -0.1) is 11.6 Å². The molecule has 0 spiro atoms. The Bertz CT molecular complexity index is 354. The molecule has 2 nitrogen and oxygen atoms in total. The molecule has 3 heteroatoms. The number of benzene rings is 1. The maximum atomic E-state index is 6.08. The fraction of sp³-hybridized carbons (Fsp3) is 0.538. The minimum absolute atomic E-state index is 0.0344. The Morgan fingerprint density at radius 2 is 2.25 bits per heavy atom. The lowest BCUT2D eigenvalue weighted by Crippen LogP contribution is -2.52. The molecule has 0 bridgehead atoms. The maximum Gasteiger partial charge on any atom is 0.128 e. The van der Waals surface area contributed by atoms with Gasteiger partial charge in [0.25, 0.3) is 0 Å². The first-order chi connectivity index (χ1) is 7.70. The van der Waals surface area contributed by atoms with Gasteiger partial charge in [-0.3, -0.25) is 0 Å². The van der Waals surface area contributed by atoms with Crippen molar-refractivity contribution in [2.24, 2.45) is 0 Å². The molecular weight excluding hydrogens is 224 g/mol. The Balaban J connectivity index is 1.95. The molecule has 16 heavy (non-hydrogen) atoms. The van der Waals surface area contributed by atoms with Crippen molar-refractivity contribution >= 4 is 11.6 Å². The van der Waals surface area contributed by atoms with Crippen LogP contribution in [0.15, 0.2) is 24.3 Å². The quantitative estimate of drug-likeness (QED) is 0.753. The molecule has 0 radical (unpaired) electrons. The summed E-state index contributed by atoms with van der Waals surface area (Å²) in [5.74, 6) is 0.901. The van der Waals surface area contributed by atoms with E-state index in [1.807, 2.05) is 25.1 Å². The lowest BCUT2D eigenvalue weighted by atomic mass is 9.91. The largest absolute Gasteiger partial charge is 0.488 e. The van der Waals surface area contributed by atoms with Crippen molar-refractivity contribution in [3.63, 3.8) is 0 Å². The summed E-state index contributed by atoms with van der Waals surface area (Å²) in [7, 11) is 0. The third kappa shape index (κ3) is 2.50. The molecule has 0 amide bonds. The molecule has 0 aliphatic heterocycles. The monoisotopic (exact) mass is 240 g/mol. The molecule has 88 valence electrons. The molecule has 0 aromatic heterocycles. The van der Waals surface area contributed by atoms with Crippen LogP contribution in [0.5, 0.6) is 5.75 Å². The highest BCUT2D eigenvalue weighted by Crippen LogP contribution is 2.33. The van der Waals surface area contributed by atoms with E-state index in [1.54, 1.807) is 0 Å². The molecule has 3 atom stereocenters. The van der Waals surface area contributed by atoms with Crippen molar-refractivity contribution in [3.05, 3.63) is 29.8 Å². The third-order valence-electron chi connectivity index (χ3n) is 2.82. The van der Waals surface area contributed by atoms with Gasteiger partial charge in [0.2, 0.25) is 0 Å². The van der Waals surface area contributed by atoms with Crippen LogP contribution in [0.25, 0.3) is 0 Å². The van der Waals surface area contributed by atoms with Crippen LogP contribution in [0.1, 0.15) is 18.9 Å². The minimum Gasteiger partial charge on any atom is -0.488 e. The molecule has 1 fully saturated rings. The lowest BCUT2D eigenvalue weighted by Gasteiger charge is -2.40. The average Bonchev–Trinajstić information content (AvgIpc) is 2.26. The lowest BCUT2D eigenvalue weighted by molar-refractivity contribution is -0.0759. The summed E-state index contributed by atoms with van der Waals surface area (Å²) < 4.78 is 11.4. The number of aryl methyl sites for hydroxylation is 1. The van der Waals surface area contributed by atoms with Crippen LogP contribution >= 0.6 is 11.6 Å². The Hall–Kier alpha value is -0.730.